The molecule has 0 fully saturated rings. The molecule has 0 aliphatic carbocycles. The Kier molecular flexibility index (Phi) is 7.66. The number of nitrogens with zero attached hydrogens (tertiary/aromatic N) is 3. The zero-order valence-corrected chi connectivity index (χ0v) is 18.1. The molecule has 162 valence electrons. The molecule has 9 heteroatoms. The molecule has 0 radical (unpaired) electrons. The number of benzene rings is 2. The second-order valence-electron chi connectivity index (χ2n) is 6.52. The molecule has 0 spiro atoms. The number of aromatic nitrogens is 3. The van der Waals surface area contributed by atoms with E-state index in [2.05, 4.69) is 22.1 Å². The minimum absolute atomic E-state index is 0.152. The molecular weight excluding hydrogens is 419 g/mol. The Labute approximate surface area is 184 Å². The molecule has 1 aromatic heterocycles. The van der Waals surface area contributed by atoms with Gasteiger partial charge in [0.05, 0.1) is 12.9 Å². The highest BCUT2D eigenvalue weighted by molar-refractivity contribution is 7.99. The minimum Gasteiger partial charge on any atom is -0.497 e. The molecule has 0 saturated heterocycles. The van der Waals surface area contributed by atoms with Gasteiger partial charge < -0.3 is 14.8 Å². The number of carbonyl (C=O) groups excluding carboxylic acids is 1. The largest absolute Gasteiger partial charge is 0.497 e. The number of ether oxygens (including phenoxy) is 2. The van der Waals surface area contributed by atoms with Crippen LogP contribution in [0.2, 0.25) is 0 Å². The van der Waals surface area contributed by atoms with E-state index < -0.39 is 6.10 Å². The van der Waals surface area contributed by atoms with Crippen molar-refractivity contribution in [1.29, 1.82) is 0 Å². The number of methoxy groups -OCH3 is 1. The molecule has 2 aromatic carbocycles. The highest BCUT2D eigenvalue weighted by Crippen LogP contribution is 2.25. The topological polar surface area (TPSA) is 78.3 Å². The van der Waals surface area contributed by atoms with Crippen LogP contribution in [0.25, 0.3) is 0 Å². The summed E-state index contributed by atoms with van der Waals surface area (Å²) in [6.45, 7) is 6.07. The molecule has 0 bridgehead atoms. The second-order valence-corrected chi connectivity index (χ2v) is 7.47. The number of halogens is 1. The van der Waals surface area contributed by atoms with Crippen LogP contribution in [0.3, 0.4) is 0 Å². The molecule has 31 heavy (non-hydrogen) atoms. The highest BCUT2D eigenvalue weighted by Gasteiger charge is 2.20. The molecule has 7 nitrogen and oxygen atoms in total. The zero-order valence-electron chi connectivity index (χ0n) is 17.2. The lowest BCUT2D eigenvalue weighted by Crippen LogP contribution is -2.15. The van der Waals surface area contributed by atoms with Crippen LogP contribution in [0.4, 0.5) is 10.1 Å². The number of hydrogen-bond acceptors (Lipinski definition) is 6. The average Bonchev–Trinajstić information content (AvgIpc) is 3.17. The predicted octanol–water partition coefficient (Wildman–Crippen LogP) is 4.48. The molecule has 3 aromatic rings. The van der Waals surface area contributed by atoms with Crippen LogP contribution in [0.5, 0.6) is 11.5 Å². The van der Waals surface area contributed by atoms with E-state index in [1.54, 1.807) is 49.6 Å². The van der Waals surface area contributed by atoms with Gasteiger partial charge >= 0.3 is 0 Å². The number of allylic oxidation sites excluding steroid dienone is 1. The van der Waals surface area contributed by atoms with E-state index in [1.165, 1.54) is 23.9 Å². The average molecular weight is 443 g/mol. The van der Waals surface area contributed by atoms with Crippen molar-refractivity contribution in [3.05, 3.63) is 72.8 Å². The summed E-state index contributed by atoms with van der Waals surface area (Å²) in [5.74, 6) is 1.41. The van der Waals surface area contributed by atoms with Crippen LogP contribution in [0.15, 0.2) is 66.3 Å². The Balaban J connectivity index is 1.65. The van der Waals surface area contributed by atoms with E-state index in [1.807, 2.05) is 11.5 Å². The van der Waals surface area contributed by atoms with Crippen molar-refractivity contribution in [2.75, 3.05) is 18.2 Å². The fourth-order valence-electron chi connectivity index (χ4n) is 2.81. The van der Waals surface area contributed by atoms with Crippen molar-refractivity contribution in [3.63, 3.8) is 0 Å². The number of thioether (sulfide) groups is 1. The van der Waals surface area contributed by atoms with Crippen molar-refractivity contribution < 1.29 is 18.7 Å². The summed E-state index contributed by atoms with van der Waals surface area (Å²) in [5, 5.41) is 11.8. The van der Waals surface area contributed by atoms with Gasteiger partial charge in [0, 0.05) is 18.3 Å². The van der Waals surface area contributed by atoms with Crippen molar-refractivity contribution in [3.8, 4) is 11.5 Å². The van der Waals surface area contributed by atoms with Crippen molar-refractivity contribution in [2.24, 2.45) is 0 Å². The Morgan fingerprint density at radius 3 is 2.74 bits per heavy atom. The number of carbonyl (C=O) groups is 1. The maximum Gasteiger partial charge on any atom is 0.234 e. The summed E-state index contributed by atoms with van der Waals surface area (Å²) in [5.41, 5.74) is 0.652. The lowest BCUT2D eigenvalue weighted by atomic mass is 10.3. The molecule has 0 aliphatic rings. The number of amides is 1. The molecule has 0 saturated carbocycles. The standard InChI is InChI=1S/C22H23FN4O3S/c1-4-12-27-21(15(2)30-18-10-8-16(23)9-11-18)25-26-22(27)31-14-20(28)24-17-6-5-7-19(13-17)29-3/h4-11,13,15H,1,12,14H2,2-3H3,(H,24,28). The molecule has 1 amide bonds. The molecule has 1 atom stereocenters. The lowest BCUT2D eigenvalue weighted by molar-refractivity contribution is -0.113. The minimum atomic E-state index is -0.433. The molecule has 1 heterocycles. The third-order valence-electron chi connectivity index (χ3n) is 4.23. The summed E-state index contributed by atoms with van der Waals surface area (Å²) in [6, 6.07) is 12.9. The van der Waals surface area contributed by atoms with Crippen LogP contribution in [0.1, 0.15) is 18.9 Å². The third kappa shape index (κ3) is 6.08. The van der Waals surface area contributed by atoms with Gasteiger partial charge in [-0.05, 0) is 43.3 Å². The Morgan fingerprint density at radius 1 is 1.26 bits per heavy atom. The monoisotopic (exact) mass is 442 g/mol. The Hall–Kier alpha value is -3.33. The summed E-state index contributed by atoms with van der Waals surface area (Å²) in [7, 11) is 1.57. The molecule has 3 rings (SSSR count). The number of nitrogens with one attached hydrogen (secondary N) is 1. The van der Waals surface area contributed by atoms with Gasteiger partial charge in [0.1, 0.15) is 17.3 Å². The van der Waals surface area contributed by atoms with Gasteiger partial charge in [-0.15, -0.1) is 16.8 Å². The molecule has 1 unspecified atom stereocenters. The van der Waals surface area contributed by atoms with E-state index >= 15 is 0 Å². The quantitative estimate of drug-likeness (QED) is 0.368. The van der Waals surface area contributed by atoms with Crippen molar-refractivity contribution in [1.82, 2.24) is 14.8 Å². The first-order valence-corrected chi connectivity index (χ1v) is 10.5. The van der Waals surface area contributed by atoms with E-state index in [0.29, 0.717) is 34.7 Å². The summed E-state index contributed by atoms with van der Waals surface area (Å²) in [6.07, 6.45) is 1.29. The molecule has 0 aliphatic heterocycles. The van der Waals surface area contributed by atoms with Crippen LogP contribution in [-0.2, 0) is 11.3 Å². The fraction of sp³-hybridized carbons (Fsp3) is 0.227. The maximum atomic E-state index is 13.1. The SMILES string of the molecule is C=CCn1c(SCC(=O)Nc2cccc(OC)c2)nnc1C(C)Oc1ccc(F)cc1. The van der Waals surface area contributed by atoms with Crippen LogP contribution < -0.4 is 14.8 Å². The van der Waals surface area contributed by atoms with Crippen LogP contribution in [-0.4, -0.2) is 33.5 Å². The van der Waals surface area contributed by atoms with E-state index in [9.17, 15) is 9.18 Å². The second kappa shape index (κ2) is 10.6. The lowest BCUT2D eigenvalue weighted by Gasteiger charge is -2.15. The van der Waals surface area contributed by atoms with E-state index in [-0.39, 0.29) is 17.5 Å². The summed E-state index contributed by atoms with van der Waals surface area (Å²) >= 11 is 1.26. The summed E-state index contributed by atoms with van der Waals surface area (Å²) in [4.78, 5) is 12.4. The summed E-state index contributed by atoms with van der Waals surface area (Å²) < 4.78 is 26.0. The van der Waals surface area contributed by atoms with E-state index in [0.717, 1.165) is 0 Å². The molecular formula is C22H23FN4O3S. The number of hydrogen-bond donors (Lipinski definition) is 1. The third-order valence-corrected chi connectivity index (χ3v) is 5.20. The smallest absolute Gasteiger partial charge is 0.234 e. The van der Waals surface area contributed by atoms with Gasteiger partial charge in [-0.25, -0.2) is 4.39 Å². The predicted molar refractivity (Wildman–Crippen MR) is 118 cm³/mol. The molecule has 1 N–H and O–H groups in total. The van der Waals surface area contributed by atoms with Gasteiger partial charge in [-0.1, -0.05) is 23.9 Å². The number of anilines is 1. The van der Waals surface area contributed by atoms with Crippen LogP contribution >= 0.6 is 11.8 Å². The van der Waals surface area contributed by atoms with Gasteiger partial charge in [0.25, 0.3) is 0 Å². The maximum absolute atomic E-state index is 13.1. The van der Waals surface area contributed by atoms with Crippen molar-refractivity contribution in [2.45, 2.75) is 24.7 Å². The first kappa shape index (κ1) is 22.4. The first-order chi connectivity index (χ1) is 15.0. The Bertz CT molecular complexity index is 1040. The zero-order chi connectivity index (χ0) is 22.2. The van der Waals surface area contributed by atoms with Crippen LogP contribution in [0, 0.1) is 5.82 Å². The highest BCUT2D eigenvalue weighted by atomic mass is 32.2. The van der Waals surface area contributed by atoms with Gasteiger partial charge in [0.15, 0.2) is 17.1 Å². The normalized spacial score (nSPS) is 11.6. The van der Waals surface area contributed by atoms with E-state index in [4.69, 9.17) is 9.47 Å². The Morgan fingerprint density at radius 2 is 2.03 bits per heavy atom. The van der Waals surface area contributed by atoms with Gasteiger partial charge in [-0.2, -0.15) is 0 Å². The van der Waals surface area contributed by atoms with Gasteiger partial charge in [0.2, 0.25) is 5.91 Å². The van der Waals surface area contributed by atoms with Crippen molar-refractivity contribution >= 4 is 23.4 Å². The fourth-order valence-corrected chi connectivity index (χ4v) is 3.56. The first-order valence-electron chi connectivity index (χ1n) is 9.53. The number of rotatable bonds is 10. The van der Waals surface area contributed by atoms with Gasteiger partial charge in [-0.3, -0.25) is 9.36 Å².